The summed E-state index contributed by atoms with van der Waals surface area (Å²) in [4.78, 5) is 67.4. The van der Waals surface area contributed by atoms with Crippen LogP contribution < -0.4 is 14.2 Å². The second kappa shape index (κ2) is 27.7. The third-order valence-corrected chi connectivity index (χ3v) is 16.3. The lowest BCUT2D eigenvalue weighted by Gasteiger charge is -2.41. The Balaban J connectivity index is 1.06. The Bertz CT molecular complexity index is 2960. The molecule has 0 saturated carbocycles. The van der Waals surface area contributed by atoms with Crippen LogP contribution in [0.4, 0.5) is 0 Å². The highest BCUT2D eigenvalue weighted by molar-refractivity contribution is 6.03. The van der Waals surface area contributed by atoms with Crippen molar-refractivity contribution in [2.75, 3.05) is 20.3 Å². The summed E-state index contributed by atoms with van der Waals surface area (Å²) in [6.45, 7) is 31.1. The zero-order chi connectivity index (χ0) is 61.0. The molecule has 1 heterocycles. The second-order valence-electron chi connectivity index (χ2n) is 25.9. The molecule has 0 spiro atoms. The van der Waals surface area contributed by atoms with E-state index >= 15 is 0 Å². The molecule has 0 aliphatic rings. The van der Waals surface area contributed by atoms with Crippen molar-refractivity contribution in [2.24, 2.45) is 21.7 Å². The number of carbonyl (C=O) groups excluding carboxylic acids is 4. The first-order valence-corrected chi connectivity index (χ1v) is 29.2. The van der Waals surface area contributed by atoms with Crippen LogP contribution in [0.1, 0.15) is 196 Å². The predicted octanol–water partition coefficient (Wildman–Crippen LogP) is 15.7. The summed E-state index contributed by atoms with van der Waals surface area (Å²) in [5, 5.41) is 22.8. The van der Waals surface area contributed by atoms with E-state index in [1.54, 1.807) is 93.8 Å². The Kier molecular flexibility index (Phi) is 22.4. The third-order valence-electron chi connectivity index (χ3n) is 16.3. The number of hydrogen-bond acceptors (Lipinski definition) is 14. The molecule has 82 heavy (non-hydrogen) atoms. The number of phenolic OH excluding ortho intramolecular Hbond substituents is 2. The molecule has 5 rings (SSSR count). The number of benzene rings is 4. The maximum atomic E-state index is 14.1. The van der Waals surface area contributed by atoms with Crippen molar-refractivity contribution in [2.45, 2.75) is 198 Å². The lowest BCUT2D eigenvalue weighted by atomic mass is 9.71. The van der Waals surface area contributed by atoms with Crippen LogP contribution in [0.25, 0.3) is 34.2 Å². The van der Waals surface area contributed by atoms with Crippen molar-refractivity contribution in [3.05, 3.63) is 96.1 Å². The first-order valence-electron chi connectivity index (χ1n) is 29.2. The van der Waals surface area contributed by atoms with Crippen LogP contribution in [-0.4, -0.2) is 92.0 Å². The normalized spacial score (nSPS) is 13.3. The molecule has 0 aliphatic carbocycles. The summed E-state index contributed by atoms with van der Waals surface area (Å²) in [5.74, 6) is 1.13. The van der Waals surface area contributed by atoms with Crippen molar-refractivity contribution in [1.29, 1.82) is 0 Å². The Hall–Kier alpha value is -6.51. The largest absolute Gasteiger partial charge is 0.507 e. The number of nitrogens with zero attached hydrogens (tertiary/aromatic N) is 3. The number of ketones is 4. The standard InChI is InChI=1S/C68H93N3O11/c1-44(56(74)63(3,4)5)81-50-36-38-52(54(72)42-50)61-69-60(48-32-34-49(78-17)35-33-48)70-62(71-61)53-39-37-51(43-55(53)73)82-45(2)57(75)65(9,10)67(13,14)79-40-26-24-22-20-18-19-21-23-25-27-41-80-68(15,16)66(11,12)59(77)47-30-28-46(29-31-47)58(76)64(6,7)8/h28-39,42-45,72-73H,18-27,40-41H2,1-17H3. The van der Waals surface area contributed by atoms with Crippen molar-refractivity contribution < 1.29 is 53.1 Å². The topological polar surface area (TPSA) is 194 Å². The molecule has 0 radical (unpaired) electrons. The Morgan fingerprint density at radius 3 is 1.20 bits per heavy atom. The van der Waals surface area contributed by atoms with E-state index in [1.807, 2.05) is 96.9 Å². The Morgan fingerprint density at radius 1 is 0.439 bits per heavy atom. The molecule has 0 aliphatic heterocycles. The van der Waals surface area contributed by atoms with Crippen LogP contribution in [0, 0.1) is 21.7 Å². The van der Waals surface area contributed by atoms with Crippen molar-refractivity contribution in [3.63, 3.8) is 0 Å². The van der Waals surface area contributed by atoms with Gasteiger partial charge in [0, 0.05) is 52.9 Å². The number of rotatable bonds is 31. The van der Waals surface area contributed by atoms with E-state index in [0.29, 0.717) is 41.4 Å². The fourth-order valence-corrected chi connectivity index (χ4v) is 9.44. The highest BCUT2D eigenvalue weighted by Gasteiger charge is 2.47. The third kappa shape index (κ3) is 17.1. The van der Waals surface area contributed by atoms with E-state index in [4.69, 9.17) is 38.6 Å². The average molecular weight is 1130 g/mol. The first-order chi connectivity index (χ1) is 38.2. The molecule has 0 saturated heterocycles. The predicted molar refractivity (Wildman–Crippen MR) is 324 cm³/mol. The van der Waals surface area contributed by atoms with Gasteiger partial charge in [-0.2, -0.15) is 0 Å². The van der Waals surface area contributed by atoms with Crippen LogP contribution in [0.15, 0.2) is 84.9 Å². The number of aromatic hydroxyl groups is 2. The molecule has 5 aromatic rings. The van der Waals surface area contributed by atoms with E-state index in [9.17, 15) is 29.4 Å². The smallest absolute Gasteiger partial charge is 0.181 e. The average Bonchev–Trinajstić information content (AvgIpc) is 3.52. The Morgan fingerprint density at radius 2 is 0.805 bits per heavy atom. The van der Waals surface area contributed by atoms with Gasteiger partial charge in [-0.05, 0) is 131 Å². The van der Waals surface area contributed by atoms with E-state index in [2.05, 4.69) is 0 Å². The molecule has 2 N–H and O–H groups in total. The van der Waals surface area contributed by atoms with Gasteiger partial charge >= 0.3 is 0 Å². The van der Waals surface area contributed by atoms with Gasteiger partial charge in [0.2, 0.25) is 0 Å². The van der Waals surface area contributed by atoms with E-state index in [-0.39, 0.29) is 69.0 Å². The van der Waals surface area contributed by atoms with Crippen LogP contribution in [0.5, 0.6) is 28.7 Å². The number of carbonyl (C=O) groups is 4. The fourth-order valence-electron chi connectivity index (χ4n) is 9.44. The molecule has 14 heteroatoms. The molecule has 446 valence electrons. The maximum absolute atomic E-state index is 14.1. The zero-order valence-corrected chi connectivity index (χ0v) is 52.1. The van der Waals surface area contributed by atoms with E-state index in [1.165, 1.54) is 31.4 Å². The number of ether oxygens (including phenoxy) is 5. The highest BCUT2D eigenvalue weighted by atomic mass is 16.5. The van der Waals surface area contributed by atoms with Crippen LogP contribution >= 0.6 is 0 Å². The number of unbranched alkanes of at least 4 members (excludes halogenated alkanes) is 9. The maximum Gasteiger partial charge on any atom is 0.181 e. The molecule has 1 aromatic heterocycles. The molecule has 4 aromatic carbocycles. The summed E-state index contributed by atoms with van der Waals surface area (Å²) in [5.41, 5.74) is -1.91. The monoisotopic (exact) mass is 1130 g/mol. The number of phenols is 2. The minimum atomic E-state index is -0.923. The van der Waals surface area contributed by atoms with Crippen molar-refractivity contribution in [3.8, 4) is 62.9 Å². The van der Waals surface area contributed by atoms with Crippen LogP contribution in [-0.2, 0) is 19.1 Å². The van der Waals surface area contributed by atoms with E-state index in [0.717, 1.165) is 44.9 Å². The molecule has 2 unspecified atom stereocenters. The summed E-state index contributed by atoms with van der Waals surface area (Å²) in [6.07, 6.45) is 9.29. The lowest BCUT2D eigenvalue weighted by molar-refractivity contribution is -0.155. The van der Waals surface area contributed by atoms with Gasteiger partial charge in [0.05, 0.1) is 40.3 Å². The molecule has 0 bridgehead atoms. The van der Waals surface area contributed by atoms with Gasteiger partial charge in [-0.25, -0.2) is 15.0 Å². The first kappa shape index (κ1) is 66.3. The van der Waals surface area contributed by atoms with Gasteiger partial charge in [0.25, 0.3) is 0 Å². The Labute approximate surface area is 488 Å². The molecular formula is C68H93N3O11. The molecular weight excluding hydrogens is 1030 g/mol. The van der Waals surface area contributed by atoms with Gasteiger partial charge in [0.15, 0.2) is 52.8 Å². The highest BCUT2D eigenvalue weighted by Crippen LogP contribution is 2.41. The molecule has 0 amide bonds. The number of Topliss-reactive ketones (excluding diaryl/α,β-unsaturated/α-hetero) is 4. The minimum Gasteiger partial charge on any atom is -0.507 e. The fraction of sp³-hybridized carbons (Fsp3) is 0.544. The summed E-state index contributed by atoms with van der Waals surface area (Å²) in [6, 6.07) is 23.5. The number of methoxy groups -OCH3 is 1. The molecule has 2 atom stereocenters. The quantitative estimate of drug-likeness (QED) is 0.0314. The van der Waals surface area contributed by atoms with Crippen LogP contribution in [0.2, 0.25) is 0 Å². The van der Waals surface area contributed by atoms with Gasteiger partial charge in [-0.1, -0.05) is 117 Å². The van der Waals surface area contributed by atoms with E-state index < -0.39 is 45.1 Å². The second-order valence-corrected chi connectivity index (χ2v) is 25.9. The number of aromatic nitrogens is 3. The molecule has 14 nitrogen and oxygen atoms in total. The zero-order valence-electron chi connectivity index (χ0n) is 52.1. The van der Waals surface area contributed by atoms with Crippen molar-refractivity contribution in [1.82, 2.24) is 15.0 Å². The summed E-state index contributed by atoms with van der Waals surface area (Å²) < 4.78 is 30.2. The van der Waals surface area contributed by atoms with Gasteiger partial charge in [-0.3, -0.25) is 19.2 Å². The SMILES string of the molecule is COc1ccc(-c2nc(-c3ccc(OC(C)C(=O)C(C)(C)C)cc3O)nc(-c3ccc(OC(C)C(=O)C(C)(C)C(C)(C)OCCCCCCCCCCCCOC(C)(C)C(C)(C)C(=O)c4ccc(C(=O)C(C)(C)C)cc4)cc3O)n2)cc1. The van der Waals surface area contributed by atoms with Gasteiger partial charge in [0.1, 0.15) is 28.7 Å². The summed E-state index contributed by atoms with van der Waals surface area (Å²) in [7, 11) is 1.57. The van der Waals surface area contributed by atoms with Crippen LogP contribution in [0.3, 0.4) is 0 Å². The van der Waals surface area contributed by atoms with Crippen molar-refractivity contribution >= 4 is 23.1 Å². The molecule has 0 fully saturated rings. The minimum absolute atomic E-state index is 0.00195. The van der Waals surface area contributed by atoms with Gasteiger partial charge in [-0.15, -0.1) is 0 Å². The lowest BCUT2D eigenvalue weighted by Crippen LogP contribution is -2.51. The summed E-state index contributed by atoms with van der Waals surface area (Å²) >= 11 is 0. The van der Waals surface area contributed by atoms with Gasteiger partial charge < -0.3 is 33.9 Å². The number of hydrogen-bond donors (Lipinski definition) is 2.